The number of ether oxygens (including phenoxy) is 1. The Labute approximate surface area is 102 Å². The van der Waals surface area contributed by atoms with E-state index >= 15 is 0 Å². The molecule has 1 aliphatic carbocycles. The highest BCUT2D eigenvalue weighted by atomic mass is 19.1. The molecule has 2 atom stereocenters. The maximum atomic E-state index is 14.9. The van der Waals surface area contributed by atoms with Crippen LogP contribution in [0.15, 0.2) is 18.2 Å². The first-order chi connectivity index (χ1) is 8.05. The van der Waals surface area contributed by atoms with Crippen LogP contribution in [0.2, 0.25) is 0 Å². The number of hydrogen-bond acceptors (Lipinski definition) is 2. The van der Waals surface area contributed by atoms with Gasteiger partial charge in [-0.1, -0.05) is 6.07 Å². The van der Waals surface area contributed by atoms with Crippen LogP contribution in [-0.4, -0.2) is 13.2 Å². The van der Waals surface area contributed by atoms with E-state index in [4.69, 9.17) is 10.5 Å². The molecular formula is C14H20FNO. The predicted octanol–water partition coefficient (Wildman–Crippen LogP) is 3.07. The van der Waals surface area contributed by atoms with Gasteiger partial charge in [-0.05, 0) is 49.4 Å². The van der Waals surface area contributed by atoms with Gasteiger partial charge in [-0.25, -0.2) is 4.39 Å². The van der Waals surface area contributed by atoms with Gasteiger partial charge in [0.25, 0.3) is 0 Å². The molecule has 1 aromatic carbocycles. The molecule has 1 saturated carbocycles. The molecule has 2 N–H and O–H groups in total. The molecule has 0 radical (unpaired) electrons. The Bertz CT molecular complexity index is 407. The molecule has 94 valence electrons. The largest absolute Gasteiger partial charge is 0.497 e. The van der Waals surface area contributed by atoms with Gasteiger partial charge in [-0.3, -0.25) is 0 Å². The minimum Gasteiger partial charge on any atom is -0.497 e. The Morgan fingerprint density at radius 1 is 1.47 bits per heavy atom. The van der Waals surface area contributed by atoms with Crippen molar-refractivity contribution in [1.82, 2.24) is 0 Å². The summed E-state index contributed by atoms with van der Waals surface area (Å²) in [5, 5.41) is 0. The van der Waals surface area contributed by atoms with E-state index in [-0.39, 0.29) is 6.04 Å². The minimum absolute atomic E-state index is 0.0183. The normalized spacial score (nSPS) is 29.1. The van der Waals surface area contributed by atoms with E-state index in [0.717, 1.165) is 29.7 Å². The van der Waals surface area contributed by atoms with Gasteiger partial charge in [0.05, 0.1) is 7.11 Å². The average Bonchev–Trinajstić information content (AvgIpc) is 2.28. The third-order valence-corrected chi connectivity index (χ3v) is 3.65. The van der Waals surface area contributed by atoms with Gasteiger partial charge in [0.1, 0.15) is 11.4 Å². The van der Waals surface area contributed by atoms with Crippen LogP contribution in [0, 0.1) is 6.92 Å². The number of hydrogen-bond donors (Lipinski definition) is 1. The van der Waals surface area contributed by atoms with Crippen LogP contribution in [0.3, 0.4) is 0 Å². The van der Waals surface area contributed by atoms with E-state index < -0.39 is 5.67 Å². The molecule has 2 unspecified atom stereocenters. The van der Waals surface area contributed by atoms with Gasteiger partial charge in [0.15, 0.2) is 0 Å². The van der Waals surface area contributed by atoms with Crippen molar-refractivity contribution in [2.45, 2.75) is 44.3 Å². The zero-order chi connectivity index (χ0) is 12.5. The second-order valence-corrected chi connectivity index (χ2v) is 5.00. The van der Waals surface area contributed by atoms with Gasteiger partial charge >= 0.3 is 0 Å². The van der Waals surface area contributed by atoms with Crippen molar-refractivity contribution in [3.63, 3.8) is 0 Å². The quantitative estimate of drug-likeness (QED) is 0.858. The Morgan fingerprint density at radius 2 is 2.24 bits per heavy atom. The van der Waals surface area contributed by atoms with Crippen molar-refractivity contribution in [2.75, 3.05) is 7.11 Å². The fraction of sp³-hybridized carbons (Fsp3) is 0.571. The molecule has 0 bridgehead atoms. The van der Waals surface area contributed by atoms with Crippen LogP contribution in [-0.2, 0) is 5.67 Å². The number of methoxy groups -OCH3 is 1. The van der Waals surface area contributed by atoms with E-state index in [1.807, 2.05) is 25.1 Å². The zero-order valence-corrected chi connectivity index (χ0v) is 10.5. The first-order valence-electron chi connectivity index (χ1n) is 6.15. The molecule has 0 amide bonds. The van der Waals surface area contributed by atoms with Crippen molar-refractivity contribution in [2.24, 2.45) is 5.73 Å². The number of halogens is 1. The number of aryl methyl sites for hydroxylation is 1. The summed E-state index contributed by atoms with van der Waals surface area (Å²) in [6.45, 7) is 1.93. The van der Waals surface area contributed by atoms with Crippen LogP contribution in [0.4, 0.5) is 4.39 Å². The highest BCUT2D eigenvalue weighted by Crippen LogP contribution is 2.42. The summed E-state index contributed by atoms with van der Waals surface area (Å²) in [7, 11) is 1.62. The van der Waals surface area contributed by atoms with Crippen LogP contribution in [0.25, 0.3) is 0 Å². The molecule has 1 aliphatic rings. The lowest BCUT2D eigenvalue weighted by molar-refractivity contribution is 0.0940. The van der Waals surface area contributed by atoms with E-state index in [2.05, 4.69) is 0 Å². The Kier molecular flexibility index (Phi) is 3.38. The SMILES string of the molecule is COc1ccc(C2(F)CCCC(N)C2)c(C)c1. The standard InChI is InChI=1S/C14H20FNO/c1-10-8-12(17-2)5-6-13(10)14(15)7-3-4-11(16)9-14/h5-6,8,11H,3-4,7,9,16H2,1-2H3. The average molecular weight is 237 g/mol. The van der Waals surface area contributed by atoms with E-state index in [1.165, 1.54) is 0 Å². The van der Waals surface area contributed by atoms with Crippen molar-refractivity contribution >= 4 is 0 Å². The smallest absolute Gasteiger partial charge is 0.137 e. The highest BCUT2D eigenvalue weighted by molar-refractivity contribution is 5.38. The second kappa shape index (κ2) is 4.65. The molecule has 0 aliphatic heterocycles. The molecule has 1 aromatic rings. The van der Waals surface area contributed by atoms with Crippen LogP contribution in [0.1, 0.15) is 36.8 Å². The van der Waals surface area contributed by atoms with E-state index in [1.54, 1.807) is 7.11 Å². The van der Waals surface area contributed by atoms with Gasteiger partial charge in [0.2, 0.25) is 0 Å². The fourth-order valence-electron chi connectivity index (χ4n) is 2.77. The van der Waals surface area contributed by atoms with E-state index in [9.17, 15) is 4.39 Å². The molecule has 0 saturated heterocycles. The Morgan fingerprint density at radius 3 is 2.82 bits per heavy atom. The van der Waals surface area contributed by atoms with Crippen LogP contribution >= 0.6 is 0 Å². The number of alkyl halides is 1. The summed E-state index contributed by atoms with van der Waals surface area (Å²) in [6, 6.07) is 5.53. The molecule has 0 aromatic heterocycles. The van der Waals surface area contributed by atoms with Gasteiger partial charge in [-0.2, -0.15) is 0 Å². The molecule has 17 heavy (non-hydrogen) atoms. The third kappa shape index (κ3) is 2.44. The molecular weight excluding hydrogens is 217 g/mol. The summed E-state index contributed by atoms with van der Waals surface area (Å²) in [5.41, 5.74) is 6.35. The highest BCUT2D eigenvalue weighted by Gasteiger charge is 2.37. The molecule has 2 nitrogen and oxygen atoms in total. The lowest BCUT2D eigenvalue weighted by atomic mass is 9.77. The van der Waals surface area contributed by atoms with Crippen LogP contribution < -0.4 is 10.5 Å². The maximum Gasteiger partial charge on any atom is 0.137 e. The molecule has 2 rings (SSSR count). The van der Waals surface area contributed by atoms with Gasteiger partial charge in [0, 0.05) is 12.5 Å². The summed E-state index contributed by atoms with van der Waals surface area (Å²) in [5.74, 6) is 0.773. The molecule has 0 spiro atoms. The van der Waals surface area contributed by atoms with Crippen LogP contribution in [0.5, 0.6) is 5.75 Å². The van der Waals surface area contributed by atoms with Crippen molar-refractivity contribution in [3.05, 3.63) is 29.3 Å². The number of rotatable bonds is 2. The summed E-state index contributed by atoms with van der Waals surface area (Å²) >= 11 is 0. The monoisotopic (exact) mass is 237 g/mol. The second-order valence-electron chi connectivity index (χ2n) is 5.00. The zero-order valence-electron chi connectivity index (χ0n) is 10.5. The van der Waals surface area contributed by atoms with Crippen molar-refractivity contribution in [3.8, 4) is 5.75 Å². The summed E-state index contributed by atoms with van der Waals surface area (Å²) in [4.78, 5) is 0. The van der Waals surface area contributed by atoms with E-state index in [0.29, 0.717) is 12.8 Å². The number of benzene rings is 1. The minimum atomic E-state index is -1.26. The molecule has 1 fully saturated rings. The topological polar surface area (TPSA) is 35.2 Å². The summed E-state index contributed by atoms with van der Waals surface area (Å²) in [6.07, 6.45) is 2.80. The lowest BCUT2D eigenvalue weighted by Gasteiger charge is -2.34. The fourth-order valence-corrected chi connectivity index (χ4v) is 2.77. The van der Waals surface area contributed by atoms with Gasteiger partial charge < -0.3 is 10.5 Å². The molecule has 3 heteroatoms. The Balaban J connectivity index is 2.32. The first-order valence-corrected chi connectivity index (χ1v) is 6.15. The molecule has 0 heterocycles. The van der Waals surface area contributed by atoms with Crippen molar-refractivity contribution < 1.29 is 9.13 Å². The van der Waals surface area contributed by atoms with Crippen molar-refractivity contribution in [1.29, 1.82) is 0 Å². The summed E-state index contributed by atoms with van der Waals surface area (Å²) < 4.78 is 20.1. The first kappa shape index (κ1) is 12.4. The lowest BCUT2D eigenvalue weighted by Crippen LogP contribution is -2.36. The Hall–Kier alpha value is -1.09. The number of nitrogens with two attached hydrogens (primary N) is 1. The predicted molar refractivity (Wildman–Crippen MR) is 67.0 cm³/mol. The maximum absolute atomic E-state index is 14.9. The van der Waals surface area contributed by atoms with Gasteiger partial charge in [-0.15, -0.1) is 0 Å². The third-order valence-electron chi connectivity index (χ3n) is 3.65.